The van der Waals surface area contributed by atoms with E-state index in [0.717, 1.165) is 5.75 Å². The highest BCUT2D eigenvalue weighted by Gasteiger charge is 2.07. The van der Waals surface area contributed by atoms with Crippen LogP contribution in [0, 0.1) is 0 Å². The normalized spacial score (nSPS) is 10.1. The van der Waals surface area contributed by atoms with Crippen molar-refractivity contribution in [2.24, 2.45) is 0 Å². The van der Waals surface area contributed by atoms with Crippen molar-refractivity contribution in [1.82, 2.24) is 5.32 Å². The topological polar surface area (TPSA) is 67.4 Å². The van der Waals surface area contributed by atoms with Gasteiger partial charge < -0.3 is 10.1 Å². The average Bonchev–Trinajstić information content (AvgIpc) is 2.31. The van der Waals surface area contributed by atoms with Gasteiger partial charge in [0.15, 0.2) is 0 Å². The summed E-state index contributed by atoms with van der Waals surface area (Å²) in [5.74, 6) is 0.492. The van der Waals surface area contributed by atoms with Gasteiger partial charge in [-0.05, 0) is 38.1 Å². The van der Waals surface area contributed by atoms with Crippen LogP contribution in [0.2, 0.25) is 0 Å². The Labute approximate surface area is 117 Å². The molecule has 0 aliphatic carbocycles. The minimum absolute atomic E-state index is 0.0929. The molecule has 1 aromatic carbocycles. The van der Waals surface area contributed by atoms with Crippen LogP contribution in [0.1, 0.15) is 20.3 Å². The van der Waals surface area contributed by atoms with Gasteiger partial charge in [0.05, 0.1) is 6.10 Å². The van der Waals surface area contributed by atoms with Crippen LogP contribution < -0.4 is 15.4 Å². The van der Waals surface area contributed by atoms with Crippen molar-refractivity contribution < 1.29 is 14.3 Å². The van der Waals surface area contributed by atoms with E-state index in [-0.39, 0.29) is 18.4 Å². The lowest BCUT2D eigenvalue weighted by atomic mass is 10.3. The third kappa shape index (κ3) is 6.10. The molecule has 1 rings (SSSR count). The summed E-state index contributed by atoms with van der Waals surface area (Å²) < 4.78 is 5.47. The SMILES string of the molecule is CC(C)Oc1ccc(NC(=O)NC(=O)CCCl)cc1. The molecule has 0 saturated heterocycles. The van der Waals surface area contributed by atoms with Gasteiger partial charge in [-0.2, -0.15) is 0 Å². The molecule has 0 aliphatic rings. The number of carbonyl (C=O) groups is 2. The predicted molar refractivity (Wildman–Crippen MR) is 74.7 cm³/mol. The molecule has 19 heavy (non-hydrogen) atoms. The van der Waals surface area contributed by atoms with E-state index < -0.39 is 11.9 Å². The van der Waals surface area contributed by atoms with Crippen molar-refractivity contribution in [3.8, 4) is 5.75 Å². The second kappa shape index (κ2) is 7.63. The molecule has 0 heterocycles. The summed E-state index contributed by atoms with van der Waals surface area (Å²) in [5, 5.41) is 4.71. The first-order valence-corrected chi connectivity index (χ1v) is 6.48. The van der Waals surface area contributed by atoms with Gasteiger partial charge in [0.25, 0.3) is 0 Å². The zero-order valence-electron chi connectivity index (χ0n) is 10.9. The van der Waals surface area contributed by atoms with Crippen LogP contribution in [0.25, 0.3) is 0 Å². The summed E-state index contributed by atoms with van der Waals surface area (Å²) in [7, 11) is 0. The zero-order valence-corrected chi connectivity index (χ0v) is 11.7. The number of halogens is 1. The van der Waals surface area contributed by atoms with E-state index in [1.165, 1.54) is 0 Å². The highest BCUT2D eigenvalue weighted by atomic mass is 35.5. The third-order valence-corrected chi connectivity index (χ3v) is 2.25. The summed E-state index contributed by atoms with van der Waals surface area (Å²) in [5.41, 5.74) is 0.576. The van der Waals surface area contributed by atoms with E-state index in [9.17, 15) is 9.59 Å². The summed E-state index contributed by atoms with van der Waals surface area (Å²) in [6, 6.07) is 6.31. The molecular weight excluding hydrogens is 268 g/mol. The van der Waals surface area contributed by atoms with E-state index in [2.05, 4.69) is 10.6 Å². The first-order valence-electron chi connectivity index (χ1n) is 5.94. The molecule has 2 N–H and O–H groups in total. The Hall–Kier alpha value is -1.75. The zero-order chi connectivity index (χ0) is 14.3. The fourth-order valence-electron chi connectivity index (χ4n) is 1.33. The molecule has 3 amide bonds. The lowest BCUT2D eigenvalue weighted by Crippen LogP contribution is -2.34. The molecule has 0 bridgehead atoms. The smallest absolute Gasteiger partial charge is 0.325 e. The summed E-state index contributed by atoms with van der Waals surface area (Å²) >= 11 is 5.39. The molecule has 5 nitrogen and oxygen atoms in total. The van der Waals surface area contributed by atoms with Gasteiger partial charge in [-0.3, -0.25) is 10.1 Å². The van der Waals surface area contributed by atoms with Crippen LogP contribution in [0.15, 0.2) is 24.3 Å². The van der Waals surface area contributed by atoms with Gasteiger partial charge in [-0.1, -0.05) is 0 Å². The minimum Gasteiger partial charge on any atom is -0.491 e. The molecule has 0 aliphatic heterocycles. The Morgan fingerprint density at radius 1 is 1.26 bits per heavy atom. The fourth-order valence-corrected chi connectivity index (χ4v) is 1.50. The molecule has 0 atom stereocenters. The summed E-state index contributed by atoms with van der Waals surface area (Å²) in [4.78, 5) is 22.6. The van der Waals surface area contributed by atoms with E-state index in [0.29, 0.717) is 5.69 Å². The summed E-state index contributed by atoms with van der Waals surface area (Å²) in [6.07, 6.45) is 0.200. The van der Waals surface area contributed by atoms with Crippen LogP contribution in [0.5, 0.6) is 5.75 Å². The number of carbonyl (C=O) groups excluding carboxylic acids is 2. The van der Waals surface area contributed by atoms with Crippen molar-refractivity contribution in [3.05, 3.63) is 24.3 Å². The number of amides is 3. The van der Waals surface area contributed by atoms with Crippen molar-refractivity contribution in [2.45, 2.75) is 26.4 Å². The maximum Gasteiger partial charge on any atom is 0.325 e. The second-order valence-electron chi connectivity index (χ2n) is 4.13. The monoisotopic (exact) mass is 284 g/mol. The Morgan fingerprint density at radius 3 is 2.42 bits per heavy atom. The van der Waals surface area contributed by atoms with E-state index in [4.69, 9.17) is 16.3 Å². The van der Waals surface area contributed by atoms with Gasteiger partial charge in [0, 0.05) is 18.0 Å². The second-order valence-corrected chi connectivity index (χ2v) is 4.51. The van der Waals surface area contributed by atoms with E-state index >= 15 is 0 Å². The molecule has 1 aromatic rings. The standard InChI is InChI=1S/C13H17ClN2O3/c1-9(2)19-11-5-3-10(4-6-11)15-13(18)16-12(17)7-8-14/h3-6,9H,7-8H2,1-2H3,(H2,15,16,17,18). The maximum absolute atomic E-state index is 11.4. The number of imide groups is 1. The Bertz CT molecular complexity index is 432. The molecule has 0 aromatic heterocycles. The first-order chi connectivity index (χ1) is 9.01. The molecule has 104 valence electrons. The number of rotatable bonds is 5. The van der Waals surface area contributed by atoms with Gasteiger partial charge in [-0.15, -0.1) is 11.6 Å². The molecule has 0 saturated carbocycles. The Kier molecular flexibility index (Phi) is 6.15. The van der Waals surface area contributed by atoms with Crippen LogP contribution in [-0.4, -0.2) is 23.9 Å². The molecule has 6 heteroatoms. The van der Waals surface area contributed by atoms with Crippen molar-refractivity contribution in [2.75, 3.05) is 11.2 Å². The van der Waals surface area contributed by atoms with E-state index in [1.807, 2.05) is 13.8 Å². The van der Waals surface area contributed by atoms with Gasteiger partial charge >= 0.3 is 6.03 Å². The number of nitrogens with one attached hydrogen (secondary N) is 2. The lowest BCUT2D eigenvalue weighted by molar-refractivity contribution is -0.119. The Morgan fingerprint density at radius 2 is 1.89 bits per heavy atom. The number of alkyl halides is 1. The summed E-state index contributed by atoms with van der Waals surface area (Å²) in [6.45, 7) is 3.87. The Balaban J connectivity index is 2.48. The van der Waals surface area contributed by atoms with E-state index in [1.54, 1.807) is 24.3 Å². The minimum atomic E-state index is -0.576. The van der Waals surface area contributed by atoms with Crippen LogP contribution in [0.3, 0.4) is 0 Å². The largest absolute Gasteiger partial charge is 0.491 e. The highest BCUT2D eigenvalue weighted by molar-refractivity contribution is 6.19. The fraction of sp³-hybridized carbons (Fsp3) is 0.385. The first kappa shape index (κ1) is 15.3. The molecule has 0 unspecified atom stereocenters. The quantitative estimate of drug-likeness (QED) is 0.817. The number of anilines is 1. The van der Waals surface area contributed by atoms with Crippen molar-refractivity contribution >= 4 is 29.2 Å². The van der Waals surface area contributed by atoms with Crippen LogP contribution >= 0.6 is 11.6 Å². The maximum atomic E-state index is 11.4. The van der Waals surface area contributed by atoms with Gasteiger partial charge in [0.1, 0.15) is 5.75 Å². The highest BCUT2D eigenvalue weighted by Crippen LogP contribution is 2.16. The third-order valence-electron chi connectivity index (χ3n) is 2.06. The number of urea groups is 1. The molecule has 0 spiro atoms. The average molecular weight is 285 g/mol. The predicted octanol–water partition coefficient (Wildman–Crippen LogP) is 2.75. The van der Waals surface area contributed by atoms with Crippen LogP contribution in [0.4, 0.5) is 10.5 Å². The molecular formula is C13H17ClN2O3. The number of hydrogen-bond donors (Lipinski definition) is 2. The van der Waals surface area contributed by atoms with Crippen molar-refractivity contribution in [3.63, 3.8) is 0 Å². The van der Waals surface area contributed by atoms with Gasteiger partial charge in [-0.25, -0.2) is 4.79 Å². The van der Waals surface area contributed by atoms with Crippen LogP contribution in [-0.2, 0) is 4.79 Å². The number of benzene rings is 1. The lowest BCUT2D eigenvalue weighted by Gasteiger charge is -2.10. The number of ether oxygens (including phenoxy) is 1. The van der Waals surface area contributed by atoms with Gasteiger partial charge in [0.2, 0.25) is 5.91 Å². The molecule has 0 radical (unpaired) electrons. The van der Waals surface area contributed by atoms with Crippen molar-refractivity contribution in [1.29, 1.82) is 0 Å². The number of hydrogen-bond acceptors (Lipinski definition) is 3. The molecule has 0 fully saturated rings.